The molecule has 0 saturated carbocycles. The number of anilines is 1. The number of ether oxygens (including phenoxy) is 1. The summed E-state index contributed by atoms with van der Waals surface area (Å²) in [5.41, 5.74) is 8.62. The first-order valence-corrected chi connectivity index (χ1v) is 4.99. The molecule has 4 nitrogen and oxygen atoms in total. The Balaban J connectivity index is 2.63. The maximum absolute atomic E-state index is 5.54. The molecule has 84 valence electrons. The molecule has 1 aromatic carbocycles. The molecule has 0 atom stereocenters. The normalized spacial score (nSPS) is 10.4. The maximum atomic E-state index is 5.54. The van der Waals surface area contributed by atoms with Crippen molar-refractivity contribution in [3.05, 3.63) is 29.3 Å². The molecule has 1 heterocycles. The van der Waals surface area contributed by atoms with Crippen molar-refractivity contribution in [3.8, 4) is 17.1 Å². The highest BCUT2D eigenvalue weighted by molar-refractivity contribution is 5.70. The van der Waals surface area contributed by atoms with Crippen molar-refractivity contribution in [2.45, 2.75) is 13.8 Å². The van der Waals surface area contributed by atoms with Gasteiger partial charge in [0.25, 0.3) is 0 Å². The minimum Gasteiger partial charge on any atom is -0.496 e. The fraction of sp³-hybridized carbons (Fsp3) is 0.250. The van der Waals surface area contributed by atoms with Gasteiger partial charge in [-0.1, -0.05) is 11.2 Å². The topological polar surface area (TPSA) is 61.3 Å². The summed E-state index contributed by atoms with van der Waals surface area (Å²) in [6.07, 6.45) is 0. The lowest BCUT2D eigenvalue weighted by atomic mass is 10.0. The summed E-state index contributed by atoms with van der Waals surface area (Å²) in [5.74, 6) is 1.79. The van der Waals surface area contributed by atoms with Crippen molar-refractivity contribution in [1.29, 1.82) is 0 Å². The summed E-state index contributed by atoms with van der Waals surface area (Å²) < 4.78 is 10.5. The summed E-state index contributed by atoms with van der Waals surface area (Å²) in [6.45, 7) is 4.02. The highest BCUT2D eigenvalue weighted by atomic mass is 16.5. The molecule has 0 bridgehead atoms. The van der Waals surface area contributed by atoms with E-state index in [9.17, 15) is 0 Å². The summed E-state index contributed by atoms with van der Waals surface area (Å²) >= 11 is 0. The zero-order valence-electron chi connectivity index (χ0n) is 9.57. The quantitative estimate of drug-likeness (QED) is 0.841. The summed E-state index contributed by atoms with van der Waals surface area (Å²) in [6, 6.07) is 5.74. The number of aryl methyl sites for hydroxylation is 2. The van der Waals surface area contributed by atoms with Crippen LogP contribution in [0, 0.1) is 13.8 Å². The van der Waals surface area contributed by atoms with Gasteiger partial charge >= 0.3 is 0 Å². The Bertz CT molecular complexity index is 518. The molecule has 0 aliphatic heterocycles. The minimum atomic E-state index is 0.371. The summed E-state index contributed by atoms with van der Waals surface area (Å²) in [7, 11) is 1.64. The molecule has 0 amide bonds. The van der Waals surface area contributed by atoms with Crippen LogP contribution in [0.3, 0.4) is 0 Å². The standard InChI is InChI=1S/C12H14N2O2/c1-7-4-8(2)12(15-3)9(5-7)10-6-11(13)14-16-10/h4-6H,1-3H3,(H2,13,14). The van der Waals surface area contributed by atoms with Gasteiger partial charge in [-0.05, 0) is 31.0 Å². The van der Waals surface area contributed by atoms with Gasteiger partial charge in [-0.25, -0.2) is 0 Å². The van der Waals surface area contributed by atoms with Gasteiger partial charge in [0.15, 0.2) is 11.6 Å². The van der Waals surface area contributed by atoms with E-state index in [-0.39, 0.29) is 0 Å². The van der Waals surface area contributed by atoms with Crippen molar-refractivity contribution in [1.82, 2.24) is 5.16 Å². The largest absolute Gasteiger partial charge is 0.496 e. The first-order chi connectivity index (χ1) is 7.61. The van der Waals surface area contributed by atoms with E-state index >= 15 is 0 Å². The van der Waals surface area contributed by atoms with E-state index in [1.54, 1.807) is 13.2 Å². The summed E-state index contributed by atoms with van der Waals surface area (Å²) in [5, 5.41) is 3.67. The third-order valence-electron chi connectivity index (χ3n) is 2.42. The van der Waals surface area contributed by atoms with Crippen LogP contribution in [0.4, 0.5) is 5.82 Å². The molecule has 1 aromatic heterocycles. The van der Waals surface area contributed by atoms with E-state index in [0.717, 1.165) is 22.4 Å². The number of nitrogens with two attached hydrogens (primary N) is 1. The smallest absolute Gasteiger partial charge is 0.172 e. The van der Waals surface area contributed by atoms with Crippen molar-refractivity contribution < 1.29 is 9.26 Å². The zero-order valence-corrected chi connectivity index (χ0v) is 9.57. The Kier molecular flexibility index (Phi) is 2.56. The van der Waals surface area contributed by atoms with Crippen LogP contribution < -0.4 is 10.5 Å². The number of aromatic nitrogens is 1. The third kappa shape index (κ3) is 1.74. The highest BCUT2D eigenvalue weighted by Gasteiger charge is 2.13. The third-order valence-corrected chi connectivity index (χ3v) is 2.42. The SMILES string of the molecule is COc1c(C)cc(C)cc1-c1cc(N)no1. The van der Waals surface area contributed by atoms with Crippen LogP contribution in [0.25, 0.3) is 11.3 Å². The van der Waals surface area contributed by atoms with Crippen LogP contribution in [0.15, 0.2) is 22.7 Å². The van der Waals surface area contributed by atoms with E-state index in [1.165, 1.54) is 0 Å². The Hall–Kier alpha value is -1.97. The van der Waals surface area contributed by atoms with Crippen molar-refractivity contribution in [2.75, 3.05) is 12.8 Å². The Morgan fingerprint density at radius 3 is 2.56 bits per heavy atom. The van der Waals surface area contributed by atoms with Gasteiger partial charge < -0.3 is 15.0 Å². The van der Waals surface area contributed by atoms with E-state index < -0.39 is 0 Å². The van der Waals surface area contributed by atoms with E-state index in [4.69, 9.17) is 15.0 Å². The van der Waals surface area contributed by atoms with Crippen LogP contribution >= 0.6 is 0 Å². The molecule has 0 aliphatic rings. The first-order valence-electron chi connectivity index (χ1n) is 4.99. The highest BCUT2D eigenvalue weighted by Crippen LogP contribution is 2.34. The molecule has 0 radical (unpaired) electrons. The fourth-order valence-electron chi connectivity index (χ4n) is 1.82. The molecular formula is C12H14N2O2. The van der Waals surface area contributed by atoms with E-state index in [2.05, 4.69) is 11.2 Å². The number of benzene rings is 1. The molecule has 0 fully saturated rings. The van der Waals surface area contributed by atoms with E-state index in [1.807, 2.05) is 19.9 Å². The number of hydrogen-bond acceptors (Lipinski definition) is 4. The average Bonchev–Trinajstić information content (AvgIpc) is 2.63. The molecule has 2 rings (SSSR count). The van der Waals surface area contributed by atoms with Crippen LogP contribution in [-0.4, -0.2) is 12.3 Å². The maximum Gasteiger partial charge on any atom is 0.172 e. The van der Waals surface area contributed by atoms with Crippen LogP contribution in [-0.2, 0) is 0 Å². The average molecular weight is 218 g/mol. The lowest BCUT2D eigenvalue weighted by Gasteiger charge is -2.10. The number of nitrogens with zero attached hydrogens (tertiary/aromatic N) is 1. The summed E-state index contributed by atoms with van der Waals surface area (Å²) in [4.78, 5) is 0. The Labute approximate surface area is 94.0 Å². The molecule has 2 aromatic rings. The molecule has 0 unspecified atom stereocenters. The van der Waals surface area contributed by atoms with Gasteiger partial charge in [-0.3, -0.25) is 0 Å². The van der Waals surface area contributed by atoms with Crippen molar-refractivity contribution >= 4 is 5.82 Å². The number of methoxy groups -OCH3 is 1. The van der Waals surface area contributed by atoms with Gasteiger partial charge in [0.2, 0.25) is 0 Å². The Morgan fingerprint density at radius 2 is 2.00 bits per heavy atom. The van der Waals surface area contributed by atoms with Gasteiger partial charge in [0, 0.05) is 6.07 Å². The molecule has 4 heteroatoms. The zero-order chi connectivity index (χ0) is 11.7. The number of nitrogen functional groups attached to an aromatic ring is 1. The molecule has 0 spiro atoms. The number of rotatable bonds is 2. The van der Waals surface area contributed by atoms with Gasteiger partial charge in [-0.15, -0.1) is 0 Å². The predicted molar refractivity (Wildman–Crippen MR) is 62.4 cm³/mol. The molecule has 0 saturated heterocycles. The molecule has 0 aliphatic carbocycles. The molecular weight excluding hydrogens is 204 g/mol. The second kappa shape index (κ2) is 3.89. The molecule has 16 heavy (non-hydrogen) atoms. The van der Waals surface area contributed by atoms with Gasteiger partial charge in [-0.2, -0.15) is 0 Å². The van der Waals surface area contributed by atoms with Crippen LogP contribution in [0.2, 0.25) is 0 Å². The monoisotopic (exact) mass is 218 g/mol. The second-order valence-corrected chi connectivity index (χ2v) is 3.78. The van der Waals surface area contributed by atoms with Crippen LogP contribution in [0.5, 0.6) is 5.75 Å². The fourth-order valence-corrected chi connectivity index (χ4v) is 1.82. The number of hydrogen-bond donors (Lipinski definition) is 1. The predicted octanol–water partition coefficient (Wildman–Crippen LogP) is 2.55. The Morgan fingerprint density at radius 1 is 1.25 bits per heavy atom. The lowest BCUT2D eigenvalue weighted by Crippen LogP contribution is -1.92. The van der Waals surface area contributed by atoms with Crippen molar-refractivity contribution in [2.24, 2.45) is 0 Å². The second-order valence-electron chi connectivity index (χ2n) is 3.78. The van der Waals surface area contributed by atoms with Crippen LogP contribution in [0.1, 0.15) is 11.1 Å². The van der Waals surface area contributed by atoms with Gasteiger partial charge in [0.05, 0.1) is 12.7 Å². The minimum absolute atomic E-state index is 0.371. The first kappa shape index (κ1) is 10.5. The lowest BCUT2D eigenvalue weighted by molar-refractivity contribution is 0.404. The van der Waals surface area contributed by atoms with Gasteiger partial charge in [0.1, 0.15) is 5.75 Å². The van der Waals surface area contributed by atoms with Crippen molar-refractivity contribution in [3.63, 3.8) is 0 Å². The van der Waals surface area contributed by atoms with E-state index in [0.29, 0.717) is 11.6 Å². The molecule has 2 N–H and O–H groups in total.